The van der Waals surface area contributed by atoms with E-state index in [4.69, 9.17) is 11.6 Å². The van der Waals surface area contributed by atoms with Crippen LogP contribution in [0.2, 0.25) is 5.02 Å². The van der Waals surface area contributed by atoms with Crippen molar-refractivity contribution in [3.8, 4) is 0 Å². The molecule has 1 aromatic heterocycles. The first-order valence-electron chi connectivity index (χ1n) is 7.46. The summed E-state index contributed by atoms with van der Waals surface area (Å²) >= 11 is 6.13. The number of carbonyl (C=O) groups excluding carboxylic acids is 1. The van der Waals surface area contributed by atoms with Gasteiger partial charge in [-0.2, -0.15) is 0 Å². The van der Waals surface area contributed by atoms with Gasteiger partial charge in [0.05, 0.1) is 5.02 Å². The second kappa shape index (κ2) is 6.22. The van der Waals surface area contributed by atoms with Crippen LogP contribution in [-0.4, -0.2) is 35.9 Å². The topological polar surface area (TPSA) is 45.2 Å². The first-order valence-corrected chi connectivity index (χ1v) is 7.84. The van der Waals surface area contributed by atoms with Crippen LogP contribution in [0.1, 0.15) is 44.1 Å². The highest BCUT2D eigenvalue weighted by Gasteiger charge is 2.31. The van der Waals surface area contributed by atoms with Crippen LogP contribution in [0.5, 0.6) is 0 Å². The average Bonchev–Trinajstić information content (AvgIpc) is 2.46. The number of halogens is 1. The van der Waals surface area contributed by atoms with Crippen LogP contribution >= 0.6 is 11.6 Å². The predicted molar refractivity (Wildman–Crippen MR) is 86.9 cm³/mol. The Hall–Kier alpha value is -1.29. The van der Waals surface area contributed by atoms with Gasteiger partial charge < -0.3 is 10.2 Å². The quantitative estimate of drug-likeness (QED) is 0.906. The molecule has 1 aliphatic heterocycles. The summed E-state index contributed by atoms with van der Waals surface area (Å²) in [4.78, 5) is 18.8. The Kier molecular flexibility index (Phi) is 4.77. The molecule has 1 N–H and O–H groups in total. The third-order valence-corrected chi connectivity index (χ3v) is 4.62. The van der Waals surface area contributed by atoms with Crippen LogP contribution in [-0.2, 0) is 0 Å². The van der Waals surface area contributed by atoms with Crippen molar-refractivity contribution in [1.29, 1.82) is 0 Å². The van der Waals surface area contributed by atoms with Gasteiger partial charge in [-0.25, -0.2) is 4.98 Å². The number of nitrogens with zero attached hydrogens (tertiary/aromatic N) is 2. The molecule has 0 spiro atoms. The molecule has 2 rings (SSSR count). The van der Waals surface area contributed by atoms with E-state index >= 15 is 0 Å². The van der Waals surface area contributed by atoms with Gasteiger partial charge in [0.2, 0.25) is 0 Å². The van der Waals surface area contributed by atoms with Crippen LogP contribution in [0.15, 0.2) is 12.1 Å². The Morgan fingerprint density at radius 3 is 2.48 bits per heavy atom. The van der Waals surface area contributed by atoms with E-state index in [1.807, 2.05) is 4.90 Å². The maximum atomic E-state index is 12.6. The Bertz CT molecular complexity index is 517. The molecular formula is C16H24ClN3O. The Labute approximate surface area is 131 Å². The monoisotopic (exact) mass is 309 g/mol. The number of amides is 1. The molecular weight excluding hydrogens is 286 g/mol. The van der Waals surface area contributed by atoms with Gasteiger partial charge in [-0.3, -0.25) is 4.79 Å². The molecule has 0 aliphatic carbocycles. The number of nitrogens with one attached hydrogen (secondary N) is 1. The van der Waals surface area contributed by atoms with E-state index in [0.29, 0.717) is 27.9 Å². The third-order valence-electron chi connectivity index (χ3n) is 4.31. The van der Waals surface area contributed by atoms with Crippen molar-refractivity contribution < 1.29 is 4.79 Å². The average molecular weight is 310 g/mol. The van der Waals surface area contributed by atoms with Gasteiger partial charge in [0, 0.05) is 20.1 Å². The van der Waals surface area contributed by atoms with E-state index in [-0.39, 0.29) is 5.91 Å². The third kappa shape index (κ3) is 3.67. The lowest BCUT2D eigenvalue weighted by molar-refractivity contribution is 0.0603. The summed E-state index contributed by atoms with van der Waals surface area (Å²) in [6, 6.07) is 3.49. The molecule has 116 valence electrons. The van der Waals surface area contributed by atoms with Gasteiger partial charge in [0.25, 0.3) is 5.91 Å². The van der Waals surface area contributed by atoms with Crippen LogP contribution in [0.25, 0.3) is 0 Å². The lowest BCUT2D eigenvalue weighted by Crippen LogP contribution is -2.41. The molecule has 0 atom stereocenters. The fourth-order valence-electron chi connectivity index (χ4n) is 2.83. The molecule has 1 amide bonds. The van der Waals surface area contributed by atoms with Crippen molar-refractivity contribution in [2.75, 3.05) is 25.5 Å². The van der Waals surface area contributed by atoms with Gasteiger partial charge in [-0.1, -0.05) is 32.4 Å². The van der Waals surface area contributed by atoms with Gasteiger partial charge >= 0.3 is 0 Å². The minimum Gasteiger partial charge on any atom is -0.373 e. The Balaban J connectivity index is 2.09. The number of hydrogen-bond acceptors (Lipinski definition) is 3. The summed E-state index contributed by atoms with van der Waals surface area (Å²) in [5.41, 5.74) is 0.648. The normalized spacial score (nSPS) is 16.9. The number of likely N-dealkylation sites (tertiary alicyclic amines) is 1. The predicted octanol–water partition coefficient (Wildman–Crippen LogP) is 3.68. The van der Waals surface area contributed by atoms with Gasteiger partial charge in [0.1, 0.15) is 11.5 Å². The minimum absolute atomic E-state index is 0.0653. The summed E-state index contributed by atoms with van der Waals surface area (Å²) in [6.45, 7) is 8.36. The first-order chi connectivity index (χ1) is 9.82. The maximum absolute atomic E-state index is 12.6. The lowest BCUT2D eigenvalue weighted by Gasteiger charge is -2.38. The van der Waals surface area contributed by atoms with Crippen molar-refractivity contribution in [1.82, 2.24) is 9.88 Å². The highest BCUT2D eigenvalue weighted by molar-refractivity contribution is 6.33. The maximum Gasteiger partial charge on any atom is 0.274 e. The molecule has 4 nitrogen and oxygen atoms in total. The molecule has 1 aromatic rings. The highest BCUT2D eigenvalue weighted by Crippen LogP contribution is 2.34. The van der Waals surface area contributed by atoms with Gasteiger partial charge in [0.15, 0.2) is 0 Å². The second-order valence-electron chi connectivity index (χ2n) is 6.71. The standard InChI is InChI=1S/C16H24ClN3O/c1-16(2,3)11-7-9-20(10-8-11)15(21)14-12(17)5-6-13(18-4)19-14/h5-6,11H,7-10H2,1-4H3,(H,18,19). The first kappa shape index (κ1) is 16.1. The summed E-state index contributed by atoms with van der Waals surface area (Å²) in [7, 11) is 1.78. The van der Waals surface area contributed by atoms with Crippen molar-refractivity contribution in [2.45, 2.75) is 33.6 Å². The molecule has 0 radical (unpaired) electrons. The van der Waals surface area contributed by atoms with Crippen molar-refractivity contribution in [3.63, 3.8) is 0 Å². The molecule has 0 aromatic carbocycles. The molecule has 2 heterocycles. The second-order valence-corrected chi connectivity index (χ2v) is 7.12. The van der Waals surface area contributed by atoms with E-state index < -0.39 is 0 Å². The zero-order chi connectivity index (χ0) is 15.6. The lowest BCUT2D eigenvalue weighted by atomic mass is 9.75. The molecule has 1 fully saturated rings. The van der Waals surface area contributed by atoms with Crippen molar-refractivity contribution in [2.24, 2.45) is 11.3 Å². The molecule has 0 bridgehead atoms. The van der Waals surface area contributed by atoms with E-state index in [2.05, 4.69) is 31.1 Å². The van der Waals surface area contributed by atoms with Crippen LogP contribution in [0, 0.1) is 11.3 Å². The SMILES string of the molecule is CNc1ccc(Cl)c(C(=O)N2CCC(C(C)(C)C)CC2)n1. The van der Waals surface area contributed by atoms with Crippen LogP contribution in [0.4, 0.5) is 5.82 Å². The minimum atomic E-state index is -0.0653. The number of aromatic nitrogens is 1. The molecule has 5 heteroatoms. The van der Waals surface area contributed by atoms with E-state index in [1.165, 1.54) is 0 Å². The van der Waals surface area contributed by atoms with Gasteiger partial charge in [-0.05, 0) is 36.3 Å². The van der Waals surface area contributed by atoms with E-state index in [0.717, 1.165) is 25.9 Å². The summed E-state index contributed by atoms with van der Waals surface area (Å²) < 4.78 is 0. The number of pyridine rings is 1. The number of piperidine rings is 1. The summed E-state index contributed by atoms with van der Waals surface area (Å²) in [5.74, 6) is 1.26. The number of carbonyl (C=O) groups is 1. The van der Waals surface area contributed by atoms with Gasteiger partial charge in [-0.15, -0.1) is 0 Å². The van der Waals surface area contributed by atoms with Crippen molar-refractivity contribution >= 4 is 23.3 Å². The number of hydrogen-bond donors (Lipinski definition) is 1. The summed E-state index contributed by atoms with van der Waals surface area (Å²) in [6.07, 6.45) is 2.08. The van der Waals surface area contributed by atoms with E-state index in [1.54, 1.807) is 19.2 Å². The fourth-order valence-corrected chi connectivity index (χ4v) is 3.02. The molecule has 0 unspecified atom stereocenters. The Morgan fingerprint density at radius 1 is 1.33 bits per heavy atom. The molecule has 0 saturated carbocycles. The van der Waals surface area contributed by atoms with Crippen LogP contribution < -0.4 is 5.32 Å². The molecule has 1 aliphatic rings. The Morgan fingerprint density at radius 2 is 1.95 bits per heavy atom. The molecule has 21 heavy (non-hydrogen) atoms. The highest BCUT2D eigenvalue weighted by atomic mass is 35.5. The molecule has 1 saturated heterocycles. The summed E-state index contributed by atoms with van der Waals surface area (Å²) in [5, 5.41) is 3.35. The van der Waals surface area contributed by atoms with Crippen molar-refractivity contribution in [3.05, 3.63) is 22.8 Å². The smallest absolute Gasteiger partial charge is 0.274 e. The zero-order valence-corrected chi connectivity index (χ0v) is 14.0. The fraction of sp³-hybridized carbons (Fsp3) is 0.625. The zero-order valence-electron chi connectivity index (χ0n) is 13.2. The van der Waals surface area contributed by atoms with Crippen LogP contribution in [0.3, 0.4) is 0 Å². The number of rotatable bonds is 2. The van der Waals surface area contributed by atoms with E-state index in [9.17, 15) is 4.79 Å². The largest absolute Gasteiger partial charge is 0.373 e. The number of anilines is 1.